The second kappa shape index (κ2) is 10.7. The fourth-order valence-electron chi connectivity index (χ4n) is 3.74. The molecule has 2 heterocycles. The van der Waals surface area contributed by atoms with Gasteiger partial charge in [0.2, 0.25) is 22.7 Å². The molecule has 0 unspecified atom stereocenters. The maximum absolute atomic E-state index is 13.5. The highest BCUT2D eigenvalue weighted by atomic mass is 32.2. The second-order valence-corrected chi connectivity index (χ2v) is 11.3. The largest absolute Gasteiger partial charge is 0.497 e. The Morgan fingerprint density at radius 2 is 1.80 bits per heavy atom. The van der Waals surface area contributed by atoms with Crippen LogP contribution in [0.3, 0.4) is 0 Å². The Morgan fingerprint density at radius 1 is 1.06 bits per heavy atom. The molecule has 1 aromatic heterocycles. The smallest absolute Gasteiger partial charge is 0.243 e. The van der Waals surface area contributed by atoms with Gasteiger partial charge in [0.05, 0.1) is 25.1 Å². The lowest BCUT2D eigenvalue weighted by atomic mass is 10.2. The number of ether oxygens (including phenoxy) is 3. The minimum atomic E-state index is -3.90. The Balaban J connectivity index is 1.57. The van der Waals surface area contributed by atoms with Crippen LogP contribution < -0.4 is 14.2 Å². The number of hydrogen-bond acceptors (Lipinski definition) is 7. The van der Waals surface area contributed by atoms with Gasteiger partial charge in [0.25, 0.3) is 0 Å². The van der Waals surface area contributed by atoms with Crippen molar-refractivity contribution in [3.63, 3.8) is 0 Å². The first-order valence-corrected chi connectivity index (χ1v) is 13.4. The van der Waals surface area contributed by atoms with Crippen LogP contribution in [0.4, 0.5) is 0 Å². The van der Waals surface area contributed by atoms with Gasteiger partial charge in [-0.2, -0.15) is 4.31 Å². The average molecular weight is 517 g/mol. The van der Waals surface area contributed by atoms with Gasteiger partial charge in [0, 0.05) is 17.5 Å². The quantitative estimate of drug-likeness (QED) is 0.403. The molecule has 0 radical (unpaired) electrons. The molecule has 0 aliphatic carbocycles. The number of methoxy groups -OCH3 is 1. The molecule has 2 aromatic carbocycles. The van der Waals surface area contributed by atoms with Crippen molar-refractivity contribution in [3.05, 3.63) is 70.4 Å². The van der Waals surface area contributed by atoms with Gasteiger partial charge >= 0.3 is 0 Å². The number of rotatable bonds is 10. The third-order valence-electron chi connectivity index (χ3n) is 5.62. The number of nitrogens with zero attached hydrogens (tertiary/aromatic N) is 2. The summed E-state index contributed by atoms with van der Waals surface area (Å²) in [4.78, 5) is 16.3. The summed E-state index contributed by atoms with van der Waals surface area (Å²) < 4.78 is 44.1. The van der Waals surface area contributed by atoms with E-state index in [0.29, 0.717) is 30.3 Å². The molecule has 186 valence electrons. The van der Waals surface area contributed by atoms with Crippen molar-refractivity contribution >= 4 is 27.3 Å². The molecule has 0 atom stereocenters. The molecule has 10 heteroatoms. The van der Waals surface area contributed by atoms with Crippen LogP contribution in [-0.2, 0) is 27.9 Å². The van der Waals surface area contributed by atoms with Crippen LogP contribution in [0.5, 0.6) is 17.2 Å². The molecule has 1 aliphatic rings. The fraction of sp³-hybridized carbons (Fsp3) is 0.320. The summed E-state index contributed by atoms with van der Waals surface area (Å²) in [5, 5.41) is 1.95. The first-order chi connectivity index (χ1) is 16.8. The number of thiophene rings is 1. The van der Waals surface area contributed by atoms with E-state index in [-0.39, 0.29) is 24.1 Å². The zero-order valence-corrected chi connectivity index (χ0v) is 21.5. The zero-order valence-electron chi connectivity index (χ0n) is 19.8. The standard InChI is InChI=1S/C25H28N2O6S2/c1-18(2)27(35(29,30)22-9-7-20(31-3)8-10-22)16-25(28)26(15-21-5-4-12-34-21)14-19-6-11-23-24(13-19)33-17-32-23/h4-13,18H,14-17H2,1-3H3. The van der Waals surface area contributed by atoms with E-state index in [0.717, 1.165) is 10.4 Å². The molecule has 0 fully saturated rings. The molecule has 0 bridgehead atoms. The molecule has 8 nitrogen and oxygen atoms in total. The van der Waals surface area contributed by atoms with Crippen molar-refractivity contribution in [2.75, 3.05) is 20.4 Å². The predicted molar refractivity (Wildman–Crippen MR) is 133 cm³/mol. The first kappa shape index (κ1) is 25.0. The minimum absolute atomic E-state index is 0.111. The summed E-state index contributed by atoms with van der Waals surface area (Å²) in [6.45, 7) is 4.10. The van der Waals surface area contributed by atoms with Crippen molar-refractivity contribution in [2.24, 2.45) is 0 Å². The molecule has 0 spiro atoms. The third-order valence-corrected chi connectivity index (χ3v) is 8.52. The number of benzene rings is 2. The minimum Gasteiger partial charge on any atom is -0.497 e. The number of carbonyl (C=O) groups is 1. The van der Waals surface area contributed by atoms with E-state index < -0.39 is 16.1 Å². The fourth-order valence-corrected chi connectivity index (χ4v) is 6.05. The molecule has 3 aromatic rings. The summed E-state index contributed by atoms with van der Waals surface area (Å²) in [7, 11) is -2.38. The number of amides is 1. The van der Waals surface area contributed by atoms with Crippen LogP contribution in [0.2, 0.25) is 0 Å². The zero-order chi connectivity index (χ0) is 25.0. The van der Waals surface area contributed by atoms with E-state index in [1.54, 1.807) is 42.2 Å². The number of fused-ring (bicyclic) bond motifs is 1. The molecule has 0 saturated carbocycles. The van der Waals surface area contributed by atoms with Crippen molar-refractivity contribution in [1.29, 1.82) is 0 Å². The van der Waals surface area contributed by atoms with Crippen molar-refractivity contribution in [3.8, 4) is 17.2 Å². The summed E-state index contributed by atoms with van der Waals surface area (Å²) in [6.07, 6.45) is 0. The highest BCUT2D eigenvalue weighted by Gasteiger charge is 2.31. The number of sulfonamides is 1. The summed E-state index contributed by atoms with van der Waals surface area (Å²) in [5.41, 5.74) is 0.869. The van der Waals surface area contributed by atoms with Crippen LogP contribution >= 0.6 is 11.3 Å². The van der Waals surface area contributed by atoms with Crippen molar-refractivity contribution < 1.29 is 27.4 Å². The third kappa shape index (κ3) is 5.77. The van der Waals surface area contributed by atoms with Gasteiger partial charge in [-0.1, -0.05) is 12.1 Å². The maximum Gasteiger partial charge on any atom is 0.243 e. The Kier molecular flexibility index (Phi) is 7.63. The molecule has 1 aliphatic heterocycles. The lowest BCUT2D eigenvalue weighted by Crippen LogP contribution is -2.45. The predicted octanol–water partition coefficient (Wildman–Crippen LogP) is 4.11. The molecular weight excluding hydrogens is 488 g/mol. The van der Waals surface area contributed by atoms with E-state index in [2.05, 4.69) is 0 Å². The Bertz CT molecular complexity index is 1260. The van der Waals surface area contributed by atoms with Gasteiger partial charge < -0.3 is 19.1 Å². The average Bonchev–Trinajstić information content (AvgIpc) is 3.53. The number of carbonyl (C=O) groups excluding carboxylic acids is 1. The molecule has 0 N–H and O–H groups in total. The number of hydrogen-bond donors (Lipinski definition) is 0. The lowest BCUT2D eigenvalue weighted by Gasteiger charge is -2.29. The second-order valence-electron chi connectivity index (χ2n) is 8.34. The van der Waals surface area contributed by atoms with Gasteiger partial charge in [-0.25, -0.2) is 8.42 Å². The van der Waals surface area contributed by atoms with Crippen LogP contribution in [0.15, 0.2) is 64.9 Å². The van der Waals surface area contributed by atoms with Crippen LogP contribution in [0, 0.1) is 0 Å². The van der Waals surface area contributed by atoms with Crippen molar-refractivity contribution in [2.45, 2.75) is 37.9 Å². The topological polar surface area (TPSA) is 85.4 Å². The maximum atomic E-state index is 13.5. The molecule has 0 saturated heterocycles. The normalized spacial score (nSPS) is 12.8. The van der Waals surface area contributed by atoms with E-state index in [4.69, 9.17) is 14.2 Å². The summed E-state index contributed by atoms with van der Waals surface area (Å²) in [6, 6.07) is 15.2. The highest BCUT2D eigenvalue weighted by Crippen LogP contribution is 2.33. The van der Waals surface area contributed by atoms with Gasteiger partial charge in [-0.05, 0) is 67.3 Å². The van der Waals surface area contributed by atoms with Crippen LogP contribution in [0.1, 0.15) is 24.3 Å². The summed E-state index contributed by atoms with van der Waals surface area (Å²) in [5.74, 6) is 1.57. The molecular formula is C25H28N2O6S2. The Morgan fingerprint density at radius 3 is 2.46 bits per heavy atom. The Hall–Kier alpha value is -3.08. The SMILES string of the molecule is COc1ccc(S(=O)(=O)N(CC(=O)N(Cc2ccc3c(c2)OCO3)Cc2cccs2)C(C)C)cc1. The van der Waals surface area contributed by atoms with Gasteiger partial charge in [-0.3, -0.25) is 4.79 Å². The van der Waals surface area contributed by atoms with E-state index in [1.165, 1.54) is 23.5 Å². The van der Waals surface area contributed by atoms with E-state index in [1.807, 2.05) is 35.7 Å². The summed E-state index contributed by atoms with van der Waals surface area (Å²) >= 11 is 1.55. The van der Waals surface area contributed by atoms with Crippen LogP contribution in [0.25, 0.3) is 0 Å². The van der Waals surface area contributed by atoms with Crippen LogP contribution in [-0.4, -0.2) is 50.0 Å². The molecule has 1 amide bonds. The monoisotopic (exact) mass is 516 g/mol. The van der Waals surface area contributed by atoms with Crippen molar-refractivity contribution in [1.82, 2.24) is 9.21 Å². The lowest BCUT2D eigenvalue weighted by molar-refractivity contribution is -0.132. The Labute approximate surface area is 209 Å². The van der Waals surface area contributed by atoms with E-state index in [9.17, 15) is 13.2 Å². The van der Waals surface area contributed by atoms with E-state index >= 15 is 0 Å². The molecule has 4 rings (SSSR count). The first-order valence-electron chi connectivity index (χ1n) is 11.1. The van der Waals surface area contributed by atoms with Gasteiger partial charge in [0.1, 0.15) is 5.75 Å². The molecule has 35 heavy (non-hydrogen) atoms. The highest BCUT2D eigenvalue weighted by molar-refractivity contribution is 7.89. The van der Waals surface area contributed by atoms with Gasteiger partial charge in [0.15, 0.2) is 11.5 Å². The van der Waals surface area contributed by atoms with Gasteiger partial charge in [-0.15, -0.1) is 11.3 Å².